The highest BCUT2D eigenvalue weighted by molar-refractivity contribution is 6.60. The smallest absolute Gasteiger partial charge is 0.133 e. The summed E-state index contributed by atoms with van der Waals surface area (Å²) in [5.74, 6) is 2.74. The summed E-state index contributed by atoms with van der Waals surface area (Å²) in [5.41, 5.74) is 1.86. The summed E-state index contributed by atoms with van der Waals surface area (Å²) >= 11 is 17.0. The van der Waals surface area contributed by atoms with E-state index in [9.17, 15) is 0 Å². The van der Waals surface area contributed by atoms with E-state index in [1.807, 2.05) is 65.6 Å². The second kappa shape index (κ2) is 7.26. The predicted octanol–water partition coefficient (Wildman–Crippen LogP) is 5.67. The Labute approximate surface area is 133 Å². The van der Waals surface area contributed by atoms with Crippen LogP contribution in [0.5, 0.6) is 0 Å². The Kier molecular flexibility index (Phi) is 5.38. The third-order valence-electron chi connectivity index (χ3n) is 2.47. The quantitative estimate of drug-likeness (QED) is 0.508. The van der Waals surface area contributed by atoms with Gasteiger partial charge in [-0.15, -0.1) is 0 Å². The predicted molar refractivity (Wildman–Crippen MR) is 87.4 cm³/mol. The average molecular weight is 323 g/mol. The van der Waals surface area contributed by atoms with Crippen molar-refractivity contribution in [3.8, 4) is 12.0 Å². The van der Waals surface area contributed by atoms with Crippen LogP contribution in [0.4, 0.5) is 11.4 Å². The largest absolute Gasteiger partial charge is 0.270 e. The number of hydrogen-bond donors (Lipinski definition) is 0. The minimum absolute atomic E-state index is 0.0414. The van der Waals surface area contributed by atoms with Crippen molar-refractivity contribution in [3.05, 3.63) is 70.2 Å². The summed E-state index contributed by atoms with van der Waals surface area (Å²) < 4.78 is -0.0414. The second-order valence-electron chi connectivity index (χ2n) is 3.82. The van der Waals surface area contributed by atoms with Crippen molar-refractivity contribution in [2.24, 2.45) is 0 Å². The molecule has 20 heavy (non-hydrogen) atoms. The Bertz CT molecular complexity index is 611. The summed E-state index contributed by atoms with van der Waals surface area (Å²) in [6, 6.07) is 22.5. The van der Waals surface area contributed by atoms with Gasteiger partial charge in [-0.05, 0) is 30.2 Å². The van der Waals surface area contributed by atoms with E-state index in [4.69, 9.17) is 34.8 Å². The molecule has 0 aliphatic heterocycles. The maximum absolute atomic E-state index is 5.85. The first-order chi connectivity index (χ1) is 9.68. The molecule has 4 heteroatoms. The van der Waals surface area contributed by atoms with Crippen molar-refractivity contribution in [1.82, 2.24) is 0 Å². The number of para-hydroxylation sites is 2. The molecule has 0 aliphatic rings. The zero-order valence-electron chi connectivity index (χ0n) is 10.4. The van der Waals surface area contributed by atoms with Gasteiger partial charge in [-0.25, -0.2) is 0 Å². The zero-order valence-corrected chi connectivity index (χ0v) is 12.6. The van der Waals surface area contributed by atoms with Crippen LogP contribution in [-0.2, 0) is 0 Å². The third-order valence-corrected chi connectivity index (χ3v) is 3.33. The molecule has 0 heterocycles. The molecule has 2 rings (SSSR count). The normalized spacial score (nSPS) is 9.35. The van der Waals surface area contributed by atoms with E-state index in [1.54, 1.807) is 0 Å². The topological polar surface area (TPSA) is 3.24 Å². The molecule has 0 amide bonds. The number of nitrogens with zero attached hydrogens (tertiary/aromatic N) is 1. The van der Waals surface area contributed by atoms with Crippen molar-refractivity contribution >= 4 is 46.2 Å². The van der Waals surface area contributed by atoms with Gasteiger partial charge in [0.25, 0.3) is 0 Å². The minimum atomic E-state index is -0.0414. The molecule has 2 aromatic rings. The van der Waals surface area contributed by atoms with Crippen molar-refractivity contribution in [1.29, 1.82) is 0 Å². The lowest BCUT2D eigenvalue weighted by molar-refractivity contribution is 1.33. The first kappa shape index (κ1) is 14.8. The van der Waals surface area contributed by atoms with Gasteiger partial charge in [0.2, 0.25) is 0 Å². The highest BCUT2D eigenvalue weighted by Gasteiger charge is 2.05. The third kappa shape index (κ3) is 3.95. The molecular weight excluding hydrogens is 313 g/mol. The van der Waals surface area contributed by atoms with E-state index in [0.29, 0.717) is 0 Å². The van der Waals surface area contributed by atoms with Gasteiger partial charge in [-0.2, -0.15) is 0 Å². The molecule has 0 bridgehead atoms. The standard InChI is InChI=1S/C16H10Cl3N/c17-15(16(18)19)11-12-20(13-7-3-1-4-8-13)14-9-5-2-6-10-14/h1-10H. The lowest BCUT2D eigenvalue weighted by Gasteiger charge is -2.17. The van der Waals surface area contributed by atoms with E-state index < -0.39 is 0 Å². The molecular formula is C16H10Cl3N. The van der Waals surface area contributed by atoms with Gasteiger partial charge in [0, 0.05) is 6.04 Å². The summed E-state index contributed by atoms with van der Waals surface area (Å²) in [6.07, 6.45) is 0. The Hall–Kier alpha value is -1.59. The number of allylic oxidation sites excluding steroid dienone is 1. The van der Waals surface area contributed by atoms with Crippen LogP contribution >= 0.6 is 34.8 Å². The highest BCUT2D eigenvalue weighted by atomic mass is 35.5. The second-order valence-corrected chi connectivity index (χ2v) is 5.15. The van der Waals surface area contributed by atoms with Crippen LogP contribution in [0.2, 0.25) is 0 Å². The fraction of sp³-hybridized carbons (Fsp3) is 0. The van der Waals surface area contributed by atoms with Gasteiger partial charge >= 0.3 is 0 Å². The lowest BCUT2D eigenvalue weighted by atomic mass is 10.2. The first-order valence-corrected chi connectivity index (χ1v) is 6.94. The SMILES string of the molecule is ClC(Cl)=C(Cl)C#CN(c1ccccc1)c1ccccc1. The van der Waals surface area contributed by atoms with E-state index in [2.05, 4.69) is 12.0 Å². The summed E-state index contributed by atoms with van der Waals surface area (Å²) in [6.45, 7) is 0. The molecule has 0 aromatic heterocycles. The van der Waals surface area contributed by atoms with Gasteiger partial charge in [0.05, 0.1) is 11.4 Å². The molecule has 2 aromatic carbocycles. The van der Waals surface area contributed by atoms with Gasteiger partial charge in [0.1, 0.15) is 9.52 Å². The number of halogens is 3. The summed E-state index contributed by atoms with van der Waals surface area (Å²) in [4.78, 5) is 1.82. The first-order valence-electron chi connectivity index (χ1n) is 5.81. The summed E-state index contributed by atoms with van der Waals surface area (Å²) in [7, 11) is 0. The van der Waals surface area contributed by atoms with Crippen LogP contribution in [-0.4, -0.2) is 0 Å². The molecule has 100 valence electrons. The molecule has 0 N–H and O–H groups in total. The Morgan fingerprint density at radius 1 is 0.750 bits per heavy atom. The lowest BCUT2D eigenvalue weighted by Crippen LogP contribution is -2.08. The molecule has 0 saturated heterocycles. The van der Waals surface area contributed by atoms with Gasteiger partial charge in [-0.3, -0.25) is 4.90 Å². The average Bonchev–Trinajstić information content (AvgIpc) is 2.49. The van der Waals surface area contributed by atoms with Crippen molar-refractivity contribution in [3.63, 3.8) is 0 Å². The van der Waals surface area contributed by atoms with Gasteiger partial charge < -0.3 is 0 Å². The van der Waals surface area contributed by atoms with Crippen molar-refractivity contribution in [2.75, 3.05) is 4.90 Å². The molecule has 0 fully saturated rings. The molecule has 1 nitrogen and oxygen atoms in total. The van der Waals surface area contributed by atoms with Crippen LogP contribution in [0, 0.1) is 12.0 Å². The van der Waals surface area contributed by atoms with Crippen LogP contribution in [0.3, 0.4) is 0 Å². The molecule has 0 radical (unpaired) electrons. The van der Waals surface area contributed by atoms with Crippen LogP contribution in [0.15, 0.2) is 70.2 Å². The number of benzene rings is 2. The monoisotopic (exact) mass is 321 g/mol. The molecule has 0 unspecified atom stereocenters. The Balaban J connectivity index is 2.44. The number of anilines is 2. The summed E-state index contributed by atoms with van der Waals surface area (Å²) in [5, 5.41) is 0.116. The number of hydrogen-bond acceptors (Lipinski definition) is 1. The van der Waals surface area contributed by atoms with Crippen LogP contribution in [0.1, 0.15) is 0 Å². The maximum atomic E-state index is 5.85. The van der Waals surface area contributed by atoms with Crippen LogP contribution < -0.4 is 4.90 Å². The van der Waals surface area contributed by atoms with Crippen molar-refractivity contribution < 1.29 is 0 Å². The van der Waals surface area contributed by atoms with E-state index in [1.165, 1.54) is 0 Å². The Morgan fingerprint density at radius 2 is 1.20 bits per heavy atom. The fourth-order valence-electron chi connectivity index (χ4n) is 1.58. The minimum Gasteiger partial charge on any atom is -0.270 e. The number of rotatable bonds is 2. The van der Waals surface area contributed by atoms with Crippen LogP contribution in [0.25, 0.3) is 0 Å². The van der Waals surface area contributed by atoms with Gasteiger partial charge in [0.15, 0.2) is 0 Å². The molecule has 0 spiro atoms. The van der Waals surface area contributed by atoms with E-state index in [-0.39, 0.29) is 9.52 Å². The van der Waals surface area contributed by atoms with E-state index in [0.717, 1.165) is 11.4 Å². The van der Waals surface area contributed by atoms with Crippen molar-refractivity contribution in [2.45, 2.75) is 0 Å². The Morgan fingerprint density at radius 3 is 1.60 bits per heavy atom. The molecule has 0 atom stereocenters. The fourth-order valence-corrected chi connectivity index (χ4v) is 1.72. The molecule has 0 saturated carbocycles. The highest BCUT2D eigenvalue weighted by Crippen LogP contribution is 2.24. The van der Waals surface area contributed by atoms with Gasteiger partial charge in [-0.1, -0.05) is 71.2 Å². The van der Waals surface area contributed by atoms with E-state index >= 15 is 0 Å². The molecule has 0 aliphatic carbocycles. The zero-order chi connectivity index (χ0) is 14.4. The maximum Gasteiger partial charge on any atom is 0.133 e.